The van der Waals surface area contributed by atoms with Crippen LogP contribution in [0.15, 0.2) is 247 Å². The van der Waals surface area contributed by atoms with Gasteiger partial charge in [0.2, 0.25) is 0 Å². The summed E-state index contributed by atoms with van der Waals surface area (Å²) in [7, 11) is 0. The lowest BCUT2D eigenvalue weighted by atomic mass is 9.96. The van der Waals surface area contributed by atoms with Crippen LogP contribution in [-0.4, -0.2) is 19.5 Å². The van der Waals surface area contributed by atoms with Gasteiger partial charge in [-0.1, -0.05) is 188 Å². The Morgan fingerprint density at radius 1 is 0.279 bits per heavy atom. The van der Waals surface area contributed by atoms with E-state index in [2.05, 4.69) is 229 Å². The molecular weight excluding hydrogens is 829 g/mol. The minimum Gasteiger partial charge on any atom is -0.456 e. The zero-order valence-corrected chi connectivity index (χ0v) is 36.8. The van der Waals surface area contributed by atoms with Crippen LogP contribution in [0.3, 0.4) is 0 Å². The highest BCUT2D eigenvalue weighted by Gasteiger charge is 2.19. The molecule has 0 aliphatic heterocycles. The van der Waals surface area contributed by atoms with E-state index in [1.165, 1.54) is 27.4 Å². The van der Waals surface area contributed by atoms with Gasteiger partial charge in [-0.3, -0.25) is 0 Å². The van der Waals surface area contributed by atoms with Crippen LogP contribution < -0.4 is 0 Å². The van der Waals surface area contributed by atoms with Crippen molar-refractivity contribution >= 4 is 43.7 Å². The average molecular weight is 869 g/mol. The second-order valence-corrected chi connectivity index (χ2v) is 17.2. The number of nitrogens with zero attached hydrogens (tertiary/aromatic N) is 4. The maximum Gasteiger partial charge on any atom is 0.164 e. The molecule has 3 heterocycles. The molecule has 0 radical (unpaired) electrons. The Morgan fingerprint density at radius 2 is 0.735 bits per heavy atom. The number of rotatable bonds is 8. The maximum absolute atomic E-state index is 6.67. The lowest BCUT2D eigenvalue weighted by Gasteiger charge is -2.11. The molecule has 0 saturated carbocycles. The Bertz CT molecular complexity index is 3900. The van der Waals surface area contributed by atoms with E-state index in [9.17, 15) is 0 Å². The number of fused-ring (bicyclic) bond motifs is 6. The third kappa shape index (κ3) is 6.93. The Morgan fingerprint density at radius 3 is 1.40 bits per heavy atom. The first-order valence-electron chi connectivity index (χ1n) is 22.9. The summed E-state index contributed by atoms with van der Waals surface area (Å²) < 4.78 is 9.04. The van der Waals surface area contributed by atoms with Crippen molar-refractivity contribution in [1.82, 2.24) is 19.5 Å². The fourth-order valence-electron chi connectivity index (χ4n) is 9.75. The van der Waals surface area contributed by atoms with E-state index in [-0.39, 0.29) is 0 Å². The number of para-hydroxylation sites is 2. The van der Waals surface area contributed by atoms with Crippen molar-refractivity contribution in [3.05, 3.63) is 243 Å². The van der Waals surface area contributed by atoms with Crippen LogP contribution >= 0.6 is 0 Å². The summed E-state index contributed by atoms with van der Waals surface area (Å²) in [6.07, 6.45) is 0. The number of aromatic nitrogens is 4. The van der Waals surface area contributed by atoms with Crippen molar-refractivity contribution in [3.8, 4) is 84.4 Å². The zero-order valence-electron chi connectivity index (χ0n) is 36.8. The Hall–Kier alpha value is -9.19. The molecular formula is C63H40N4O. The van der Waals surface area contributed by atoms with E-state index >= 15 is 0 Å². The van der Waals surface area contributed by atoms with Gasteiger partial charge in [-0.15, -0.1) is 0 Å². The van der Waals surface area contributed by atoms with Gasteiger partial charge in [0, 0.05) is 43.9 Å². The molecule has 13 rings (SSSR count). The lowest BCUT2D eigenvalue weighted by molar-refractivity contribution is 0.669. The van der Waals surface area contributed by atoms with Gasteiger partial charge in [-0.2, -0.15) is 0 Å². The highest BCUT2D eigenvalue weighted by Crippen LogP contribution is 2.40. The highest BCUT2D eigenvalue weighted by molar-refractivity contribution is 6.13. The molecule has 0 fully saturated rings. The summed E-state index contributed by atoms with van der Waals surface area (Å²) >= 11 is 0. The normalized spacial score (nSPS) is 11.5. The molecule has 0 aliphatic rings. The minimum atomic E-state index is 0.570. The summed E-state index contributed by atoms with van der Waals surface area (Å²) in [5.41, 5.74) is 16.8. The minimum absolute atomic E-state index is 0.570. The SMILES string of the molecule is c1ccc(-c2cccc(-c3nc(-c4cccc(-c5ccccc5)c4)nc(-c4ccc5c(c4)oc4cccc(-c6ccc(-c7ccc8c9ccccc9n(-c9ccccc9)c8c7)cc6)c45)n3)c2)cc1. The second kappa shape index (κ2) is 16.4. The van der Waals surface area contributed by atoms with Gasteiger partial charge in [0.15, 0.2) is 17.5 Å². The summed E-state index contributed by atoms with van der Waals surface area (Å²) in [6, 6.07) is 85.2. The van der Waals surface area contributed by atoms with Crippen molar-refractivity contribution in [2.24, 2.45) is 0 Å². The van der Waals surface area contributed by atoms with Crippen LogP contribution in [0.25, 0.3) is 128 Å². The van der Waals surface area contributed by atoms with Crippen molar-refractivity contribution in [2.75, 3.05) is 0 Å². The van der Waals surface area contributed by atoms with E-state index < -0.39 is 0 Å². The Kier molecular flexibility index (Phi) is 9.43. The molecule has 318 valence electrons. The largest absolute Gasteiger partial charge is 0.456 e. The van der Waals surface area contributed by atoms with Gasteiger partial charge in [0.05, 0.1) is 11.0 Å². The van der Waals surface area contributed by atoms with Crippen LogP contribution in [0.2, 0.25) is 0 Å². The molecule has 0 amide bonds. The first-order chi connectivity index (χ1) is 33.7. The van der Waals surface area contributed by atoms with Crippen molar-refractivity contribution in [1.29, 1.82) is 0 Å². The van der Waals surface area contributed by atoms with Gasteiger partial charge >= 0.3 is 0 Å². The molecule has 0 N–H and O–H groups in total. The fraction of sp³-hybridized carbons (Fsp3) is 0. The third-order valence-corrected chi connectivity index (χ3v) is 13.1. The van der Waals surface area contributed by atoms with Gasteiger partial charge < -0.3 is 8.98 Å². The maximum atomic E-state index is 6.67. The third-order valence-electron chi connectivity index (χ3n) is 13.1. The summed E-state index contributed by atoms with van der Waals surface area (Å²) in [5, 5.41) is 4.59. The Labute approximate surface area is 392 Å². The number of furan rings is 1. The molecule has 0 bridgehead atoms. The summed E-state index contributed by atoms with van der Waals surface area (Å²) in [5.74, 6) is 1.77. The molecule has 0 aliphatic carbocycles. The molecule has 0 unspecified atom stereocenters. The standard InChI is InChI=1S/C63H40N4O/c1-4-15-41(16-5-1)45-19-12-21-48(37-45)61-64-62(49-22-13-20-46(38-49)42-17-6-2-7-18-42)66-63(65-61)50-34-36-55-59(40-50)68-58-28-14-26-52(60(55)58)44-31-29-43(30-32-44)47-33-35-54-53-25-10-11-27-56(53)67(57(54)39-47)51-23-8-3-9-24-51/h1-40H. The molecule has 13 aromatic rings. The zero-order chi connectivity index (χ0) is 45.0. The van der Waals surface area contributed by atoms with E-state index in [1.54, 1.807) is 0 Å². The van der Waals surface area contributed by atoms with Gasteiger partial charge in [0.25, 0.3) is 0 Å². The second-order valence-electron chi connectivity index (χ2n) is 17.2. The topological polar surface area (TPSA) is 56.7 Å². The smallest absolute Gasteiger partial charge is 0.164 e. The quantitative estimate of drug-likeness (QED) is 0.153. The van der Waals surface area contributed by atoms with Gasteiger partial charge in [-0.05, 0) is 99.1 Å². The fourth-order valence-corrected chi connectivity index (χ4v) is 9.75. The van der Waals surface area contributed by atoms with E-state index in [0.29, 0.717) is 17.5 Å². The number of hydrogen-bond acceptors (Lipinski definition) is 4. The van der Waals surface area contributed by atoms with Crippen LogP contribution in [0.5, 0.6) is 0 Å². The first-order valence-corrected chi connectivity index (χ1v) is 22.9. The monoisotopic (exact) mass is 868 g/mol. The van der Waals surface area contributed by atoms with Crippen molar-refractivity contribution in [2.45, 2.75) is 0 Å². The molecule has 5 nitrogen and oxygen atoms in total. The predicted octanol–water partition coefficient (Wildman–Crippen LogP) is 16.5. The molecule has 10 aromatic carbocycles. The highest BCUT2D eigenvalue weighted by atomic mass is 16.3. The van der Waals surface area contributed by atoms with Gasteiger partial charge in [-0.25, -0.2) is 15.0 Å². The molecule has 0 spiro atoms. The Balaban J connectivity index is 0.884. The lowest BCUT2D eigenvalue weighted by Crippen LogP contribution is -2.00. The van der Waals surface area contributed by atoms with Crippen LogP contribution in [0.4, 0.5) is 0 Å². The van der Waals surface area contributed by atoms with Crippen molar-refractivity contribution in [3.63, 3.8) is 0 Å². The van der Waals surface area contributed by atoms with Gasteiger partial charge in [0.1, 0.15) is 11.2 Å². The first kappa shape index (κ1) is 39.2. The van der Waals surface area contributed by atoms with Crippen molar-refractivity contribution < 1.29 is 4.42 Å². The van der Waals surface area contributed by atoms with Crippen LogP contribution in [-0.2, 0) is 0 Å². The molecule has 3 aromatic heterocycles. The van der Waals surface area contributed by atoms with Crippen LogP contribution in [0.1, 0.15) is 0 Å². The summed E-state index contributed by atoms with van der Waals surface area (Å²) in [4.78, 5) is 15.4. The molecule has 68 heavy (non-hydrogen) atoms. The molecule has 0 saturated heterocycles. The predicted molar refractivity (Wildman–Crippen MR) is 279 cm³/mol. The summed E-state index contributed by atoms with van der Waals surface area (Å²) in [6.45, 7) is 0. The molecule has 0 atom stereocenters. The number of benzene rings is 10. The van der Waals surface area contributed by atoms with Crippen LogP contribution in [0, 0.1) is 0 Å². The number of hydrogen-bond donors (Lipinski definition) is 0. The average Bonchev–Trinajstić information content (AvgIpc) is 3.97. The molecule has 5 heteroatoms. The van der Waals surface area contributed by atoms with E-state index in [4.69, 9.17) is 19.4 Å². The van der Waals surface area contributed by atoms with E-state index in [1.807, 2.05) is 18.2 Å². The van der Waals surface area contributed by atoms with E-state index in [0.717, 1.165) is 83.3 Å².